The van der Waals surface area contributed by atoms with Gasteiger partial charge in [0.05, 0.1) is 18.2 Å². The van der Waals surface area contributed by atoms with Crippen LogP contribution in [0.5, 0.6) is 5.75 Å². The Kier molecular flexibility index (Phi) is 3.99. The molecule has 0 radical (unpaired) electrons. The van der Waals surface area contributed by atoms with Crippen LogP contribution in [0.25, 0.3) is 22.9 Å². The largest absolute Gasteiger partial charge is 0.462 e. The van der Waals surface area contributed by atoms with Crippen molar-refractivity contribution >= 4 is 28.8 Å². The predicted molar refractivity (Wildman–Crippen MR) is 95.3 cm³/mol. The third-order valence-electron chi connectivity index (χ3n) is 4.19. The molecular formula is C20H13F2NO4. The summed E-state index contributed by atoms with van der Waals surface area (Å²) < 4.78 is 40.4. The Labute approximate surface area is 152 Å². The highest BCUT2D eigenvalue weighted by atomic mass is 19.2. The number of esters is 1. The molecule has 0 aliphatic carbocycles. The van der Waals surface area contributed by atoms with E-state index in [1.807, 2.05) is 0 Å². The summed E-state index contributed by atoms with van der Waals surface area (Å²) in [4.78, 5) is 24.8. The molecule has 0 saturated heterocycles. The highest BCUT2D eigenvalue weighted by Gasteiger charge is 2.27. The number of benzene rings is 2. The third-order valence-corrected chi connectivity index (χ3v) is 4.19. The van der Waals surface area contributed by atoms with Gasteiger partial charge in [0.1, 0.15) is 11.1 Å². The zero-order valence-electron chi connectivity index (χ0n) is 14.2. The number of halogens is 2. The number of hydrogen-bond acceptors (Lipinski definition) is 4. The minimum Gasteiger partial charge on any atom is -0.462 e. The lowest BCUT2D eigenvalue weighted by molar-refractivity contribution is 0.0524. The van der Waals surface area contributed by atoms with Gasteiger partial charge in [0.15, 0.2) is 17.3 Å². The zero-order chi connectivity index (χ0) is 19.1. The Balaban J connectivity index is 2.05. The van der Waals surface area contributed by atoms with E-state index in [-0.39, 0.29) is 28.8 Å². The molecular weight excluding hydrogens is 356 g/mol. The molecule has 4 rings (SSSR count). The van der Waals surface area contributed by atoms with E-state index in [0.29, 0.717) is 5.56 Å². The van der Waals surface area contributed by atoms with E-state index >= 15 is 0 Å². The molecule has 2 aromatic carbocycles. The van der Waals surface area contributed by atoms with Crippen LogP contribution in [0.1, 0.15) is 22.8 Å². The first-order valence-corrected chi connectivity index (χ1v) is 8.20. The second-order valence-corrected chi connectivity index (χ2v) is 5.86. The van der Waals surface area contributed by atoms with Crippen LogP contribution in [0.2, 0.25) is 0 Å². The van der Waals surface area contributed by atoms with Gasteiger partial charge in [-0.25, -0.2) is 9.18 Å². The number of nitrogens with zero attached hydrogens (tertiary/aromatic N) is 1. The SMILES string of the molecule is CCOC(=O)c1cn2c3c(c(F)c(F)cc3c1=O)OC(c1ccccc1)=C2. The molecule has 0 spiro atoms. The molecule has 1 aliphatic heterocycles. The molecule has 3 aromatic rings. The molecule has 7 heteroatoms. The van der Waals surface area contributed by atoms with E-state index in [0.717, 1.165) is 6.07 Å². The lowest BCUT2D eigenvalue weighted by Gasteiger charge is -2.21. The molecule has 1 aromatic heterocycles. The van der Waals surface area contributed by atoms with Crippen LogP contribution in [0.3, 0.4) is 0 Å². The summed E-state index contributed by atoms with van der Waals surface area (Å²) in [6.07, 6.45) is 2.75. The van der Waals surface area contributed by atoms with Gasteiger partial charge >= 0.3 is 5.97 Å². The summed E-state index contributed by atoms with van der Waals surface area (Å²) in [6, 6.07) is 9.57. The molecule has 136 valence electrons. The maximum Gasteiger partial charge on any atom is 0.343 e. The number of aromatic nitrogens is 1. The van der Waals surface area contributed by atoms with Gasteiger partial charge in [-0.1, -0.05) is 30.3 Å². The molecule has 27 heavy (non-hydrogen) atoms. The minimum absolute atomic E-state index is 0.0478. The van der Waals surface area contributed by atoms with Gasteiger partial charge in [-0.3, -0.25) is 4.79 Å². The molecule has 0 unspecified atom stereocenters. The first-order chi connectivity index (χ1) is 13.0. The van der Waals surface area contributed by atoms with E-state index in [1.165, 1.54) is 17.0 Å². The van der Waals surface area contributed by atoms with Gasteiger partial charge < -0.3 is 14.0 Å². The van der Waals surface area contributed by atoms with Crippen LogP contribution < -0.4 is 10.2 Å². The summed E-state index contributed by atoms with van der Waals surface area (Å²) in [5.74, 6) is -3.44. The van der Waals surface area contributed by atoms with Gasteiger partial charge in [0, 0.05) is 11.8 Å². The zero-order valence-corrected chi connectivity index (χ0v) is 14.2. The average Bonchev–Trinajstić information content (AvgIpc) is 2.68. The molecule has 0 bridgehead atoms. The van der Waals surface area contributed by atoms with Gasteiger partial charge in [-0.15, -0.1) is 0 Å². The van der Waals surface area contributed by atoms with Crippen molar-refractivity contribution in [2.75, 3.05) is 6.61 Å². The first kappa shape index (κ1) is 17.0. The van der Waals surface area contributed by atoms with E-state index in [4.69, 9.17) is 9.47 Å². The van der Waals surface area contributed by atoms with Crippen molar-refractivity contribution in [2.45, 2.75) is 6.92 Å². The Bertz CT molecular complexity index is 1170. The van der Waals surface area contributed by atoms with Crippen LogP contribution in [-0.4, -0.2) is 17.1 Å². The summed E-state index contributed by atoms with van der Waals surface area (Å²) in [5, 5.41) is -0.169. The lowest BCUT2D eigenvalue weighted by Crippen LogP contribution is -2.22. The predicted octanol–water partition coefficient (Wildman–Crippen LogP) is 3.80. The minimum atomic E-state index is -1.24. The van der Waals surface area contributed by atoms with Crippen LogP contribution >= 0.6 is 0 Å². The van der Waals surface area contributed by atoms with E-state index in [9.17, 15) is 18.4 Å². The Morgan fingerprint density at radius 1 is 1.22 bits per heavy atom. The van der Waals surface area contributed by atoms with Gasteiger partial charge in [0.2, 0.25) is 11.2 Å². The van der Waals surface area contributed by atoms with Crippen molar-refractivity contribution in [3.63, 3.8) is 0 Å². The monoisotopic (exact) mass is 369 g/mol. The van der Waals surface area contributed by atoms with Gasteiger partial charge in [0.25, 0.3) is 0 Å². The van der Waals surface area contributed by atoms with Gasteiger partial charge in [-0.05, 0) is 13.0 Å². The van der Waals surface area contributed by atoms with Crippen molar-refractivity contribution in [1.82, 2.24) is 4.57 Å². The van der Waals surface area contributed by atoms with E-state index in [2.05, 4.69) is 0 Å². The molecule has 0 saturated carbocycles. The second kappa shape index (κ2) is 6.35. The summed E-state index contributed by atoms with van der Waals surface area (Å²) in [7, 11) is 0. The average molecular weight is 369 g/mol. The third kappa shape index (κ3) is 2.68. The molecule has 5 nitrogen and oxygen atoms in total. The number of rotatable bonds is 3. The van der Waals surface area contributed by atoms with Crippen LogP contribution in [0, 0.1) is 11.6 Å². The van der Waals surface area contributed by atoms with Crippen molar-refractivity contribution in [2.24, 2.45) is 0 Å². The molecule has 0 fully saturated rings. The van der Waals surface area contributed by atoms with Crippen molar-refractivity contribution in [3.8, 4) is 5.75 Å². The maximum absolute atomic E-state index is 14.4. The Morgan fingerprint density at radius 3 is 2.67 bits per heavy atom. The van der Waals surface area contributed by atoms with Gasteiger partial charge in [-0.2, -0.15) is 4.39 Å². The lowest BCUT2D eigenvalue weighted by atomic mass is 10.1. The quantitative estimate of drug-likeness (QED) is 0.659. The topological polar surface area (TPSA) is 57.5 Å². The standard InChI is InChI=1S/C20H13F2NO4/c1-2-26-20(25)13-9-23-10-15(11-6-4-3-5-7-11)27-19-16(22)14(21)8-12(17(19)23)18(13)24/h3-10H,2H2,1H3. The highest BCUT2D eigenvalue weighted by molar-refractivity contribution is 5.98. The van der Waals surface area contributed by atoms with Crippen molar-refractivity contribution in [1.29, 1.82) is 0 Å². The molecule has 2 heterocycles. The number of ether oxygens (including phenoxy) is 2. The number of carbonyl (C=O) groups excluding carboxylic acids is 1. The molecule has 0 N–H and O–H groups in total. The summed E-state index contributed by atoms with van der Waals surface area (Å²) in [6.45, 7) is 1.68. The van der Waals surface area contributed by atoms with E-state index in [1.54, 1.807) is 37.3 Å². The molecule has 0 amide bonds. The Morgan fingerprint density at radius 2 is 1.96 bits per heavy atom. The van der Waals surface area contributed by atoms with Crippen molar-refractivity contribution in [3.05, 3.63) is 75.6 Å². The first-order valence-electron chi connectivity index (χ1n) is 8.20. The molecule has 1 aliphatic rings. The van der Waals surface area contributed by atoms with Crippen LogP contribution in [0.15, 0.2) is 47.4 Å². The number of hydrogen-bond donors (Lipinski definition) is 0. The Hall–Kier alpha value is -3.48. The summed E-state index contributed by atoms with van der Waals surface area (Å²) in [5.41, 5.74) is -0.352. The fraction of sp³-hybridized carbons (Fsp3) is 0.100. The van der Waals surface area contributed by atoms with Crippen LogP contribution in [-0.2, 0) is 4.74 Å². The fourth-order valence-electron chi connectivity index (χ4n) is 2.98. The fourth-order valence-corrected chi connectivity index (χ4v) is 2.98. The number of carbonyl (C=O) groups is 1. The van der Waals surface area contributed by atoms with Crippen molar-refractivity contribution < 1.29 is 23.0 Å². The highest BCUT2D eigenvalue weighted by Crippen LogP contribution is 2.37. The smallest absolute Gasteiger partial charge is 0.343 e. The number of pyridine rings is 1. The maximum atomic E-state index is 14.4. The normalized spacial score (nSPS) is 12.5. The molecule has 0 atom stereocenters. The van der Waals surface area contributed by atoms with Crippen LogP contribution in [0.4, 0.5) is 8.78 Å². The summed E-state index contributed by atoms with van der Waals surface area (Å²) >= 11 is 0. The van der Waals surface area contributed by atoms with E-state index < -0.39 is 28.8 Å². The second-order valence-electron chi connectivity index (χ2n) is 5.86.